The molecule has 0 saturated carbocycles. The second-order valence-electron chi connectivity index (χ2n) is 6.12. The number of carbonyl (C=O) groups is 3. The summed E-state index contributed by atoms with van der Waals surface area (Å²) in [5.41, 5.74) is 0.838. The Bertz CT molecular complexity index is 865. The van der Waals surface area contributed by atoms with Crippen molar-refractivity contribution in [2.45, 2.75) is 6.42 Å². The van der Waals surface area contributed by atoms with Crippen LogP contribution in [0.1, 0.15) is 16.8 Å². The number of esters is 1. The highest BCUT2D eigenvalue weighted by Crippen LogP contribution is 2.33. The van der Waals surface area contributed by atoms with Gasteiger partial charge in [-0.25, -0.2) is 4.39 Å². The molecule has 0 aromatic heterocycles. The van der Waals surface area contributed by atoms with Gasteiger partial charge in [0.15, 0.2) is 12.4 Å². The number of rotatable bonds is 6. The van der Waals surface area contributed by atoms with Crippen LogP contribution in [-0.4, -0.2) is 37.9 Å². The van der Waals surface area contributed by atoms with Gasteiger partial charge in [0.2, 0.25) is 5.91 Å². The number of ketones is 1. The van der Waals surface area contributed by atoms with Crippen LogP contribution in [0.5, 0.6) is 5.75 Å². The van der Waals surface area contributed by atoms with Crippen LogP contribution >= 0.6 is 0 Å². The molecule has 7 heteroatoms. The van der Waals surface area contributed by atoms with Crippen LogP contribution in [0.25, 0.3) is 0 Å². The minimum Gasteiger partial charge on any atom is -0.495 e. The van der Waals surface area contributed by atoms with Gasteiger partial charge in [0.05, 0.1) is 18.7 Å². The van der Waals surface area contributed by atoms with Crippen LogP contribution in [0.2, 0.25) is 0 Å². The molecular weight excluding hydrogens is 353 g/mol. The molecule has 0 N–H and O–H groups in total. The number of Topliss-reactive ketones (excluding diaryl/α,β-unsaturated/α-hetero) is 1. The van der Waals surface area contributed by atoms with Gasteiger partial charge in [-0.15, -0.1) is 0 Å². The van der Waals surface area contributed by atoms with Crippen molar-refractivity contribution >= 4 is 23.3 Å². The monoisotopic (exact) mass is 371 g/mol. The van der Waals surface area contributed by atoms with Crippen LogP contribution in [0, 0.1) is 11.7 Å². The number of carbonyl (C=O) groups excluding carboxylic acids is 3. The molecule has 6 nitrogen and oxygen atoms in total. The first-order chi connectivity index (χ1) is 13.0. The zero-order valence-electron chi connectivity index (χ0n) is 14.7. The minimum atomic E-state index is -0.663. The quantitative estimate of drug-likeness (QED) is 0.577. The summed E-state index contributed by atoms with van der Waals surface area (Å²) in [7, 11) is 1.51. The molecule has 0 radical (unpaired) electrons. The number of nitrogens with zero attached hydrogens (tertiary/aromatic N) is 1. The van der Waals surface area contributed by atoms with E-state index in [2.05, 4.69) is 0 Å². The number of para-hydroxylation sites is 2. The zero-order chi connectivity index (χ0) is 19.4. The number of ether oxygens (including phenoxy) is 2. The van der Waals surface area contributed by atoms with Crippen molar-refractivity contribution in [1.29, 1.82) is 0 Å². The van der Waals surface area contributed by atoms with Gasteiger partial charge in [-0.1, -0.05) is 12.1 Å². The number of hydrogen-bond donors (Lipinski definition) is 0. The van der Waals surface area contributed by atoms with Crippen molar-refractivity contribution in [3.63, 3.8) is 0 Å². The molecule has 0 spiro atoms. The normalized spacial score (nSPS) is 16.3. The van der Waals surface area contributed by atoms with E-state index in [9.17, 15) is 18.8 Å². The van der Waals surface area contributed by atoms with Gasteiger partial charge in [-0.3, -0.25) is 14.4 Å². The molecule has 27 heavy (non-hydrogen) atoms. The minimum absolute atomic E-state index is 0.00161. The van der Waals surface area contributed by atoms with Crippen molar-refractivity contribution in [2.24, 2.45) is 5.92 Å². The third-order valence-electron chi connectivity index (χ3n) is 4.35. The third-order valence-corrected chi connectivity index (χ3v) is 4.35. The van der Waals surface area contributed by atoms with E-state index in [1.807, 2.05) is 0 Å². The molecule has 1 saturated heterocycles. The number of anilines is 1. The molecule has 1 fully saturated rings. The Balaban J connectivity index is 1.60. The summed E-state index contributed by atoms with van der Waals surface area (Å²) in [5.74, 6) is -1.85. The maximum absolute atomic E-state index is 12.9. The van der Waals surface area contributed by atoms with E-state index in [-0.39, 0.29) is 24.4 Å². The summed E-state index contributed by atoms with van der Waals surface area (Å²) in [6, 6.07) is 12.0. The fourth-order valence-electron chi connectivity index (χ4n) is 2.92. The lowest BCUT2D eigenvalue weighted by molar-refractivity contribution is -0.147. The number of benzene rings is 2. The van der Waals surface area contributed by atoms with Gasteiger partial charge in [0.25, 0.3) is 0 Å². The molecule has 2 aromatic rings. The van der Waals surface area contributed by atoms with Crippen LogP contribution in [0.4, 0.5) is 10.1 Å². The SMILES string of the molecule is COc1ccccc1N1C[C@@H](C(=O)OCC(=O)c2ccc(F)cc2)CC1=O. The van der Waals surface area contributed by atoms with Crippen molar-refractivity contribution in [1.82, 2.24) is 0 Å². The van der Waals surface area contributed by atoms with E-state index in [0.29, 0.717) is 11.4 Å². The van der Waals surface area contributed by atoms with Gasteiger partial charge >= 0.3 is 5.97 Å². The first-order valence-corrected chi connectivity index (χ1v) is 8.38. The van der Waals surface area contributed by atoms with Crippen LogP contribution in [0.3, 0.4) is 0 Å². The lowest BCUT2D eigenvalue weighted by atomic mass is 10.1. The van der Waals surface area contributed by atoms with Crippen LogP contribution < -0.4 is 9.64 Å². The lowest BCUT2D eigenvalue weighted by Gasteiger charge is -2.19. The Morgan fingerprint density at radius 3 is 2.56 bits per heavy atom. The third kappa shape index (κ3) is 4.13. The Morgan fingerprint density at radius 1 is 1.15 bits per heavy atom. The maximum Gasteiger partial charge on any atom is 0.311 e. The highest BCUT2D eigenvalue weighted by molar-refractivity contribution is 6.01. The van der Waals surface area contributed by atoms with Crippen molar-refractivity contribution in [3.8, 4) is 5.75 Å². The van der Waals surface area contributed by atoms with E-state index in [4.69, 9.17) is 9.47 Å². The average Bonchev–Trinajstić information content (AvgIpc) is 3.08. The van der Waals surface area contributed by atoms with Gasteiger partial charge in [-0.05, 0) is 36.4 Å². The molecule has 140 valence electrons. The molecular formula is C20H18FNO5. The van der Waals surface area contributed by atoms with E-state index >= 15 is 0 Å². The highest BCUT2D eigenvalue weighted by Gasteiger charge is 2.37. The van der Waals surface area contributed by atoms with Crippen molar-refractivity contribution in [2.75, 3.05) is 25.2 Å². The summed E-state index contributed by atoms with van der Waals surface area (Å²) < 4.78 is 23.2. The first-order valence-electron chi connectivity index (χ1n) is 8.38. The van der Waals surface area contributed by atoms with E-state index in [1.165, 1.54) is 24.1 Å². The Morgan fingerprint density at radius 2 is 1.85 bits per heavy atom. The molecule has 1 atom stereocenters. The zero-order valence-corrected chi connectivity index (χ0v) is 14.7. The van der Waals surface area contributed by atoms with Crippen LogP contribution in [0.15, 0.2) is 48.5 Å². The fraction of sp³-hybridized carbons (Fsp3) is 0.250. The average molecular weight is 371 g/mol. The van der Waals surface area contributed by atoms with Crippen molar-refractivity contribution in [3.05, 3.63) is 59.9 Å². The van der Waals surface area contributed by atoms with Gasteiger partial charge in [0, 0.05) is 18.5 Å². The second-order valence-corrected chi connectivity index (χ2v) is 6.12. The Labute approximate surface area is 155 Å². The maximum atomic E-state index is 12.9. The van der Waals surface area contributed by atoms with Gasteiger partial charge in [-0.2, -0.15) is 0 Å². The molecule has 1 aliphatic rings. The molecule has 1 aliphatic heterocycles. The summed E-state index contributed by atoms with van der Waals surface area (Å²) in [5, 5.41) is 0. The van der Waals surface area contributed by atoms with E-state index < -0.39 is 30.1 Å². The van der Waals surface area contributed by atoms with Gasteiger partial charge < -0.3 is 14.4 Å². The number of hydrogen-bond acceptors (Lipinski definition) is 5. The standard InChI is InChI=1S/C20H18FNO5/c1-26-18-5-3-2-4-16(18)22-11-14(10-19(22)24)20(25)27-12-17(23)13-6-8-15(21)9-7-13/h2-9,14H,10-12H2,1H3/t14-/m0/s1. The molecule has 0 aliphatic carbocycles. The largest absolute Gasteiger partial charge is 0.495 e. The van der Waals surface area contributed by atoms with Crippen LogP contribution in [-0.2, 0) is 14.3 Å². The highest BCUT2D eigenvalue weighted by atomic mass is 19.1. The smallest absolute Gasteiger partial charge is 0.311 e. The van der Waals surface area contributed by atoms with E-state index in [0.717, 1.165) is 12.1 Å². The van der Waals surface area contributed by atoms with Gasteiger partial charge in [0.1, 0.15) is 11.6 Å². The number of methoxy groups -OCH3 is 1. The molecule has 0 bridgehead atoms. The molecule has 1 amide bonds. The van der Waals surface area contributed by atoms with E-state index in [1.54, 1.807) is 24.3 Å². The summed E-state index contributed by atoms with van der Waals surface area (Å²) in [6.45, 7) is -0.299. The molecule has 2 aromatic carbocycles. The lowest BCUT2D eigenvalue weighted by Crippen LogP contribution is -2.27. The Kier molecular flexibility index (Phi) is 5.49. The number of amides is 1. The molecule has 3 rings (SSSR count). The number of halogens is 1. The summed E-state index contributed by atoms with van der Waals surface area (Å²) >= 11 is 0. The fourth-order valence-corrected chi connectivity index (χ4v) is 2.92. The molecule has 0 unspecified atom stereocenters. The summed E-state index contributed by atoms with van der Waals surface area (Å²) in [6.07, 6.45) is 0.00161. The summed E-state index contributed by atoms with van der Waals surface area (Å²) in [4.78, 5) is 38.1. The van der Waals surface area contributed by atoms with Crippen molar-refractivity contribution < 1.29 is 28.2 Å². The Hall–Kier alpha value is -3.22. The topological polar surface area (TPSA) is 72.9 Å². The predicted molar refractivity (Wildman–Crippen MR) is 95.1 cm³/mol. The predicted octanol–water partition coefficient (Wildman–Crippen LogP) is 2.61. The molecule has 1 heterocycles. The first kappa shape index (κ1) is 18.6. The second kappa shape index (κ2) is 7.99.